The molecule has 2 heterocycles. The lowest BCUT2D eigenvalue weighted by Crippen LogP contribution is -2.39. The summed E-state index contributed by atoms with van der Waals surface area (Å²) < 4.78 is 26.1. The fourth-order valence-electron chi connectivity index (χ4n) is 2.85. The van der Waals surface area contributed by atoms with E-state index in [9.17, 15) is 8.42 Å². The van der Waals surface area contributed by atoms with Gasteiger partial charge in [-0.3, -0.25) is 5.32 Å². The summed E-state index contributed by atoms with van der Waals surface area (Å²) in [5.74, 6) is 0.606. The van der Waals surface area contributed by atoms with Gasteiger partial charge in [-0.2, -0.15) is 0 Å². The van der Waals surface area contributed by atoms with Crippen LogP contribution in [0.4, 0.5) is 5.82 Å². The lowest BCUT2D eigenvalue weighted by molar-refractivity contribution is 0.541. The van der Waals surface area contributed by atoms with Crippen molar-refractivity contribution < 1.29 is 8.42 Å². The number of aromatic nitrogens is 1. The van der Waals surface area contributed by atoms with E-state index < -0.39 is 15.2 Å². The number of nitrogens with one attached hydrogen (secondary N) is 2. The number of pyridine rings is 1. The summed E-state index contributed by atoms with van der Waals surface area (Å²) in [5, 5.41) is 5.50. The highest BCUT2D eigenvalue weighted by atomic mass is 32.2. The van der Waals surface area contributed by atoms with Crippen molar-refractivity contribution in [1.29, 1.82) is 0 Å². The molecule has 3 rings (SSSR count). The summed E-state index contributed by atoms with van der Waals surface area (Å²) in [6.45, 7) is 5.00. The van der Waals surface area contributed by atoms with Crippen LogP contribution in [0.15, 0.2) is 47.5 Å². The van der Waals surface area contributed by atoms with E-state index >= 15 is 0 Å². The lowest BCUT2D eigenvalue weighted by Gasteiger charge is -2.26. The number of nitrogens with two attached hydrogens (primary N) is 1. The third-order valence-corrected chi connectivity index (χ3v) is 6.10. The summed E-state index contributed by atoms with van der Waals surface area (Å²) in [7, 11) is -3.56. The molecule has 7 heteroatoms. The van der Waals surface area contributed by atoms with E-state index in [2.05, 4.69) is 15.6 Å². The molecule has 0 fully saturated rings. The molecule has 0 bridgehead atoms. The Morgan fingerprint density at radius 3 is 2.72 bits per heavy atom. The largest absolute Gasteiger partial charge is 0.368 e. The van der Waals surface area contributed by atoms with E-state index in [1.165, 1.54) is 6.20 Å². The third-order valence-electron chi connectivity index (χ3n) is 4.16. The first kappa shape index (κ1) is 17.8. The predicted octanol–water partition coefficient (Wildman–Crippen LogP) is 1.85. The molecule has 1 unspecified atom stereocenters. The van der Waals surface area contributed by atoms with Gasteiger partial charge in [0.1, 0.15) is 11.2 Å². The third kappa shape index (κ3) is 4.00. The van der Waals surface area contributed by atoms with Crippen molar-refractivity contribution >= 4 is 15.7 Å². The van der Waals surface area contributed by atoms with Gasteiger partial charge in [0, 0.05) is 24.8 Å². The zero-order chi connectivity index (χ0) is 18.1. The van der Waals surface area contributed by atoms with Gasteiger partial charge in [-0.25, -0.2) is 13.4 Å². The van der Waals surface area contributed by atoms with E-state index in [1.54, 1.807) is 12.1 Å². The van der Waals surface area contributed by atoms with Gasteiger partial charge < -0.3 is 11.1 Å². The molecule has 0 aliphatic carbocycles. The number of hydrogen-bond acceptors (Lipinski definition) is 6. The molecule has 1 aromatic heterocycles. The van der Waals surface area contributed by atoms with Crippen molar-refractivity contribution in [2.45, 2.75) is 36.1 Å². The first-order valence-corrected chi connectivity index (χ1v) is 9.86. The lowest BCUT2D eigenvalue weighted by atomic mass is 10.0. The monoisotopic (exact) mass is 360 g/mol. The molecule has 1 aliphatic rings. The number of rotatable bonds is 5. The standard InChI is InChI=1S/C18H24N4O2S/c1-18(2,19)12-22-16-8-7-14(11-21-16)25(23,24)17-15-6-4-3-5-13(15)9-10-20-17/h3-8,11,17,20H,9-10,12,19H2,1-2H3,(H,21,22). The molecule has 25 heavy (non-hydrogen) atoms. The maximum absolute atomic E-state index is 13.0. The highest BCUT2D eigenvalue weighted by Gasteiger charge is 2.32. The van der Waals surface area contributed by atoms with Crippen molar-refractivity contribution in [2.75, 3.05) is 18.4 Å². The van der Waals surface area contributed by atoms with Gasteiger partial charge in [-0.05, 0) is 43.5 Å². The van der Waals surface area contributed by atoms with E-state index in [1.807, 2.05) is 38.1 Å². The summed E-state index contributed by atoms with van der Waals surface area (Å²) in [5.41, 5.74) is 7.45. The zero-order valence-corrected chi connectivity index (χ0v) is 15.3. The molecular weight excluding hydrogens is 336 g/mol. The van der Waals surface area contributed by atoms with Crippen LogP contribution in [0.2, 0.25) is 0 Å². The van der Waals surface area contributed by atoms with Crippen LogP contribution in [0.1, 0.15) is 30.3 Å². The highest BCUT2D eigenvalue weighted by Crippen LogP contribution is 2.31. The molecule has 0 amide bonds. The molecule has 134 valence electrons. The van der Waals surface area contributed by atoms with Gasteiger partial charge in [0.2, 0.25) is 0 Å². The Hall–Kier alpha value is -1.96. The zero-order valence-electron chi connectivity index (χ0n) is 14.5. The Morgan fingerprint density at radius 1 is 1.28 bits per heavy atom. The van der Waals surface area contributed by atoms with Crippen molar-refractivity contribution in [3.63, 3.8) is 0 Å². The quantitative estimate of drug-likeness (QED) is 0.753. The Kier molecular flexibility index (Phi) is 4.81. The number of anilines is 1. The minimum Gasteiger partial charge on any atom is -0.368 e. The Balaban J connectivity index is 1.84. The van der Waals surface area contributed by atoms with Crippen LogP contribution in [0.25, 0.3) is 0 Å². The fraction of sp³-hybridized carbons (Fsp3) is 0.389. The second-order valence-electron chi connectivity index (χ2n) is 7.05. The molecule has 0 spiro atoms. The minimum absolute atomic E-state index is 0.208. The number of nitrogens with zero attached hydrogens (tertiary/aromatic N) is 1. The molecule has 6 nitrogen and oxygen atoms in total. The van der Waals surface area contributed by atoms with Crippen LogP contribution in [-0.4, -0.2) is 32.0 Å². The molecule has 1 aliphatic heterocycles. The van der Waals surface area contributed by atoms with Gasteiger partial charge in [0.05, 0.1) is 4.90 Å². The molecule has 4 N–H and O–H groups in total. The molecule has 1 atom stereocenters. The van der Waals surface area contributed by atoms with Crippen molar-refractivity contribution in [2.24, 2.45) is 5.73 Å². The van der Waals surface area contributed by atoms with Crippen LogP contribution in [-0.2, 0) is 16.3 Å². The normalized spacial score (nSPS) is 17.8. The molecule has 1 aromatic carbocycles. The maximum atomic E-state index is 13.0. The first-order chi connectivity index (χ1) is 11.8. The van der Waals surface area contributed by atoms with Gasteiger partial charge in [-0.15, -0.1) is 0 Å². The Bertz CT molecular complexity index is 842. The molecular formula is C18H24N4O2S. The molecule has 0 saturated heterocycles. The predicted molar refractivity (Wildman–Crippen MR) is 99.1 cm³/mol. The topological polar surface area (TPSA) is 97.1 Å². The Labute approximate surface area is 148 Å². The van der Waals surface area contributed by atoms with Crippen LogP contribution in [0, 0.1) is 0 Å². The van der Waals surface area contributed by atoms with Crippen molar-refractivity contribution in [3.8, 4) is 0 Å². The second-order valence-corrected chi connectivity index (χ2v) is 9.08. The van der Waals surface area contributed by atoms with Crippen LogP contribution in [0.5, 0.6) is 0 Å². The van der Waals surface area contributed by atoms with E-state index in [0.717, 1.165) is 17.5 Å². The van der Waals surface area contributed by atoms with Crippen LogP contribution >= 0.6 is 0 Å². The number of benzene rings is 1. The SMILES string of the molecule is CC(C)(N)CNc1ccc(S(=O)(=O)C2NCCc3ccccc32)cn1. The average Bonchev–Trinajstić information content (AvgIpc) is 2.59. The summed E-state index contributed by atoms with van der Waals surface area (Å²) in [6.07, 6.45) is 2.23. The number of sulfone groups is 1. The van der Waals surface area contributed by atoms with Gasteiger partial charge in [-0.1, -0.05) is 24.3 Å². The summed E-state index contributed by atoms with van der Waals surface area (Å²) in [6, 6.07) is 10.9. The first-order valence-electron chi connectivity index (χ1n) is 8.31. The number of hydrogen-bond donors (Lipinski definition) is 3. The van der Waals surface area contributed by atoms with E-state index in [-0.39, 0.29) is 10.4 Å². The average molecular weight is 360 g/mol. The Morgan fingerprint density at radius 2 is 2.04 bits per heavy atom. The van der Waals surface area contributed by atoms with E-state index in [4.69, 9.17) is 5.73 Å². The molecule has 0 radical (unpaired) electrons. The summed E-state index contributed by atoms with van der Waals surface area (Å²) >= 11 is 0. The fourth-order valence-corrected chi connectivity index (χ4v) is 4.48. The maximum Gasteiger partial charge on any atom is 0.200 e. The number of fused-ring (bicyclic) bond motifs is 1. The highest BCUT2D eigenvalue weighted by molar-refractivity contribution is 7.91. The smallest absolute Gasteiger partial charge is 0.200 e. The second kappa shape index (κ2) is 6.74. The van der Waals surface area contributed by atoms with Crippen LogP contribution < -0.4 is 16.4 Å². The van der Waals surface area contributed by atoms with Crippen LogP contribution in [0.3, 0.4) is 0 Å². The summed E-state index contributed by atoms with van der Waals surface area (Å²) in [4.78, 5) is 4.43. The van der Waals surface area contributed by atoms with Gasteiger partial charge >= 0.3 is 0 Å². The molecule has 0 saturated carbocycles. The molecule has 2 aromatic rings. The minimum atomic E-state index is -3.56. The van der Waals surface area contributed by atoms with Crippen molar-refractivity contribution in [1.82, 2.24) is 10.3 Å². The van der Waals surface area contributed by atoms with Gasteiger partial charge in [0.25, 0.3) is 0 Å². The van der Waals surface area contributed by atoms with Gasteiger partial charge in [0.15, 0.2) is 9.84 Å². The van der Waals surface area contributed by atoms with Crippen molar-refractivity contribution in [3.05, 3.63) is 53.7 Å². The van der Waals surface area contributed by atoms with E-state index in [0.29, 0.717) is 18.9 Å².